The Morgan fingerprint density at radius 1 is 1.42 bits per heavy atom. The van der Waals surface area contributed by atoms with E-state index < -0.39 is 0 Å². The van der Waals surface area contributed by atoms with E-state index in [0.717, 1.165) is 44.0 Å². The normalized spacial score (nSPS) is 13.1. The topological polar surface area (TPSA) is 39.1 Å². The Balaban J connectivity index is 1.67. The minimum Gasteiger partial charge on any atom is -0.493 e. The molecule has 3 rings (SSSR count). The van der Waals surface area contributed by atoms with Gasteiger partial charge in [-0.1, -0.05) is 6.92 Å². The zero-order valence-electron chi connectivity index (χ0n) is 11.2. The van der Waals surface area contributed by atoms with Crippen molar-refractivity contribution in [3.63, 3.8) is 0 Å². The molecule has 0 spiro atoms. The summed E-state index contributed by atoms with van der Waals surface area (Å²) >= 11 is 0. The van der Waals surface area contributed by atoms with Crippen LogP contribution in [-0.2, 0) is 19.5 Å². The highest BCUT2D eigenvalue weighted by atomic mass is 16.5. The molecule has 0 atom stereocenters. The van der Waals surface area contributed by atoms with Gasteiger partial charge in [0.2, 0.25) is 0 Å². The summed E-state index contributed by atoms with van der Waals surface area (Å²) in [7, 11) is 0. The van der Waals surface area contributed by atoms with Crippen LogP contribution < -0.4 is 10.1 Å². The van der Waals surface area contributed by atoms with E-state index in [1.807, 2.05) is 18.6 Å². The Bertz CT molecular complexity index is 562. The third-order valence-electron chi connectivity index (χ3n) is 3.43. The largest absolute Gasteiger partial charge is 0.493 e. The molecule has 0 bridgehead atoms. The highest BCUT2D eigenvalue weighted by molar-refractivity contribution is 5.52. The summed E-state index contributed by atoms with van der Waals surface area (Å²) in [6.07, 6.45) is 5.97. The molecular weight excluding hydrogens is 238 g/mol. The Morgan fingerprint density at radius 2 is 2.37 bits per heavy atom. The fraction of sp³-hybridized carbons (Fsp3) is 0.400. The lowest BCUT2D eigenvalue weighted by Crippen LogP contribution is -2.07. The van der Waals surface area contributed by atoms with E-state index in [1.165, 1.54) is 11.3 Å². The first-order valence-electron chi connectivity index (χ1n) is 6.85. The summed E-state index contributed by atoms with van der Waals surface area (Å²) in [4.78, 5) is 4.21. The molecule has 0 unspecified atom stereocenters. The van der Waals surface area contributed by atoms with Gasteiger partial charge in [-0.25, -0.2) is 4.98 Å². The molecule has 1 aliphatic rings. The molecule has 4 heteroatoms. The number of hydrogen-bond donors (Lipinski definition) is 1. The summed E-state index contributed by atoms with van der Waals surface area (Å²) in [6, 6.07) is 6.31. The molecule has 4 nitrogen and oxygen atoms in total. The van der Waals surface area contributed by atoms with Crippen LogP contribution in [0.1, 0.15) is 24.6 Å². The highest BCUT2D eigenvalue weighted by Crippen LogP contribution is 2.27. The van der Waals surface area contributed by atoms with Gasteiger partial charge in [0, 0.05) is 24.8 Å². The maximum absolute atomic E-state index is 5.51. The molecule has 0 fully saturated rings. The van der Waals surface area contributed by atoms with Gasteiger partial charge in [-0.05, 0) is 30.2 Å². The Kier molecular flexibility index (Phi) is 3.40. The number of aryl methyl sites for hydroxylation is 1. The number of anilines is 1. The number of nitrogens with one attached hydrogen (secondary N) is 1. The predicted octanol–water partition coefficient (Wildman–Crippen LogP) is 2.84. The molecule has 1 aliphatic heterocycles. The number of ether oxygens (including phenoxy) is 1. The lowest BCUT2D eigenvalue weighted by atomic mass is 10.1. The second kappa shape index (κ2) is 5.34. The van der Waals surface area contributed by atoms with E-state index in [9.17, 15) is 0 Å². The maximum atomic E-state index is 5.51. The van der Waals surface area contributed by atoms with Crippen molar-refractivity contribution in [3.8, 4) is 5.75 Å². The predicted molar refractivity (Wildman–Crippen MR) is 75.5 cm³/mol. The number of benzene rings is 1. The van der Waals surface area contributed by atoms with Gasteiger partial charge in [0.1, 0.15) is 5.75 Å². The van der Waals surface area contributed by atoms with Crippen molar-refractivity contribution in [1.29, 1.82) is 0 Å². The van der Waals surface area contributed by atoms with Crippen molar-refractivity contribution in [2.24, 2.45) is 0 Å². The van der Waals surface area contributed by atoms with Gasteiger partial charge in [-0.2, -0.15) is 0 Å². The molecule has 1 aromatic carbocycles. The Hall–Kier alpha value is -1.97. The molecule has 1 N–H and O–H groups in total. The molecule has 1 aromatic heterocycles. The molecule has 0 saturated heterocycles. The van der Waals surface area contributed by atoms with Gasteiger partial charge in [-0.15, -0.1) is 0 Å². The minimum absolute atomic E-state index is 0.805. The summed E-state index contributed by atoms with van der Waals surface area (Å²) in [6.45, 7) is 4.81. The van der Waals surface area contributed by atoms with Gasteiger partial charge in [0.15, 0.2) is 0 Å². The maximum Gasteiger partial charge on any atom is 0.122 e. The van der Waals surface area contributed by atoms with Crippen molar-refractivity contribution >= 4 is 5.69 Å². The van der Waals surface area contributed by atoms with E-state index >= 15 is 0 Å². The molecule has 19 heavy (non-hydrogen) atoms. The van der Waals surface area contributed by atoms with E-state index in [1.54, 1.807) is 0 Å². The summed E-state index contributed by atoms with van der Waals surface area (Å²) in [5.74, 6) is 1.03. The first-order chi connectivity index (χ1) is 9.36. The molecule has 2 heterocycles. The molecule has 0 radical (unpaired) electrons. The number of imidazole rings is 1. The molecule has 0 amide bonds. The van der Waals surface area contributed by atoms with E-state index in [4.69, 9.17) is 4.74 Å². The van der Waals surface area contributed by atoms with Crippen molar-refractivity contribution < 1.29 is 4.74 Å². The van der Waals surface area contributed by atoms with E-state index in [2.05, 4.69) is 33.9 Å². The number of fused-ring (bicyclic) bond motifs is 1. The van der Waals surface area contributed by atoms with Crippen molar-refractivity contribution in [2.45, 2.75) is 32.9 Å². The fourth-order valence-electron chi connectivity index (χ4n) is 2.43. The zero-order chi connectivity index (χ0) is 13.1. The number of nitrogens with zero attached hydrogens (tertiary/aromatic N) is 2. The van der Waals surface area contributed by atoms with Crippen LogP contribution in [0.25, 0.3) is 0 Å². The van der Waals surface area contributed by atoms with Gasteiger partial charge >= 0.3 is 0 Å². The number of aromatic nitrogens is 2. The summed E-state index contributed by atoms with van der Waals surface area (Å²) in [5, 5.41) is 3.46. The standard InChI is InChI=1S/C15H19N3O/c1-2-6-18-11-16-9-14(18)10-17-13-3-4-15-12(8-13)5-7-19-15/h3-4,8-9,11,17H,2,5-7,10H2,1H3. The zero-order valence-corrected chi connectivity index (χ0v) is 11.2. The second-order valence-corrected chi connectivity index (χ2v) is 4.85. The quantitative estimate of drug-likeness (QED) is 0.895. The van der Waals surface area contributed by atoms with Crippen LogP contribution in [0.3, 0.4) is 0 Å². The smallest absolute Gasteiger partial charge is 0.122 e. The monoisotopic (exact) mass is 257 g/mol. The average Bonchev–Trinajstić information content (AvgIpc) is 3.05. The highest BCUT2D eigenvalue weighted by Gasteiger charge is 2.11. The minimum atomic E-state index is 0.805. The average molecular weight is 257 g/mol. The third kappa shape index (κ3) is 2.57. The van der Waals surface area contributed by atoms with Crippen molar-refractivity contribution in [3.05, 3.63) is 42.0 Å². The molecule has 2 aromatic rings. The lowest BCUT2D eigenvalue weighted by Gasteiger charge is -2.10. The van der Waals surface area contributed by atoms with Crippen molar-refractivity contribution in [2.75, 3.05) is 11.9 Å². The van der Waals surface area contributed by atoms with Crippen LogP contribution in [0.2, 0.25) is 0 Å². The molecule has 0 saturated carbocycles. The van der Waals surface area contributed by atoms with Crippen LogP contribution >= 0.6 is 0 Å². The SMILES string of the molecule is CCCn1cncc1CNc1ccc2c(c1)CCO2. The van der Waals surface area contributed by atoms with Gasteiger partial charge < -0.3 is 14.6 Å². The van der Waals surface area contributed by atoms with Gasteiger partial charge in [-0.3, -0.25) is 0 Å². The van der Waals surface area contributed by atoms with Gasteiger partial charge in [0.05, 0.1) is 25.2 Å². The number of hydrogen-bond acceptors (Lipinski definition) is 3. The summed E-state index contributed by atoms with van der Waals surface area (Å²) < 4.78 is 7.71. The van der Waals surface area contributed by atoms with Crippen molar-refractivity contribution in [1.82, 2.24) is 9.55 Å². The van der Waals surface area contributed by atoms with Crippen LogP contribution in [-0.4, -0.2) is 16.2 Å². The Morgan fingerprint density at radius 3 is 3.26 bits per heavy atom. The van der Waals surface area contributed by atoms with Gasteiger partial charge in [0.25, 0.3) is 0 Å². The molecular formula is C15H19N3O. The Labute approximate surface area is 113 Å². The number of rotatable bonds is 5. The molecule has 100 valence electrons. The first-order valence-corrected chi connectivity index (χ1v) is 6.85. The molecule has 0 aliphatic carbocycles. The lowest BCUT2D eigenvalue weighted by molar-refractivity contribution is 0.357. The van der Waals surface area contributed by atoms with Crippen LogP contribution in [0.5, 0.6) is 5.75 Å². The third-order valence-corrected chi connectivity index (χ3v) is 3.43. The van der Waals surface area contributed by atoms with Crippen LogP contribution in [0, 0.1) is 0 Å². The fourth-order valence-corrected chi connectivity index (χ4v) is 2.43. The summed E-state index contributed by atoms with van der Waals surface area (Å²) in [5.41, 5.74) is 3.67. The van der Waals surface area contributed by atoms with E-state index in [0.29, 0.717) is 0 Å². The van der Waals surface area contributed by atoms with E-state index in [-0.39, 0.29) is 0 Å². The first kappa shape index (κ1) is 12.1. The second-order valence-electron chi connectivity index (χ2n) is 4.85. The van der Waals surface area contributed by atoms with Crippen LogP contribution in [0.4, 0.5) is 5.69 Å². The van der Waals surface area contributed by atoms with Crippen LogP contribution in [0.15, 0.2) is 30.7 Å².